The average Bonchev–Trinajstić information content (AvgIpc) is 2.78. The van der Waals surface area contributed by atoms with Gasteiger partial charge in [0.1, 0.15) is 5.75 Å². The van der Waals surface area contributed by atoms with Gasteiger partial charge in [0.05, 0.1) is 13.2 Å². The van der Waals surface area contributed by atoms with E-state index >= 15 is 0 Å². The molecule has 1 aromatic carbocycles. The van der Waals surface area contributed by atoms with E-state index in [-0.39, 0.29) is 0 Å². The Morgan fingerprint density at radius 2 is 1.90 bits per heavy atom. The Kier molecular flexibility index (Phi) is 8.10. The average molecular weight is 397 g/mol. The van der Waals surface area contributed by atoms with Crippen molar-refractivity contribution in [3.63, 3.8) is 0 Å². The summed E-state index contributed by atoms with van der Waals surface area (Å²) in [7, 11) is 0. The number of piperazine rings is 1. The molecular weight excluding hydrogens is 364 g/mol. The van der Waals surface area contributed by atoms with Gasteiger partial charge in [-0.15, -0.1) is 0 Å². The Balaban J connectivity index is 1.58. The number of unbranched alkanes of at least 4 members (excludes halogenated alkanes) is 1. The van der Waals surface area contributed by atoms with Gasteiger partial charge in [-0.05, 0) is 37.1 Å². The number of aliphatic imine (C=N–C) groups is 1. The normalized spacial score (nSPS) is 14.8. The summed E-state index contributed by atoms with van der Waals surface area (Å²) in [4.78, 5) is 18.1. The van der Waals surface area contributed by atoms with E-state index in [0.29, 0.717) is 6.54 Å². The highest BCUT2D eigenvalue weighted by atomic mass is 16.5. The quantitative estimate of drug-likeness (QED) is 0.420. The fourth-order valence-corrected chi connectivity index (χ4v) is 3.23. The predicted octanol–water partition coefficient (Wildman–Crippen LogP) is 2.94. The molecule has 0 aliphatic carbocycles. The zero-order valence-corrected chi connectivity index (χ0v) is 17.5. The molecule has 0 saturated carbocycles. The highest BCUT2D eigenvalue weighted by Gasteiger charge is 2.21. The van der Waals surface area contributed by atoms with Gasteiger partial charge in [-0.2, -0.15) is 0 Å². The topological polar surface area (TPSA) is 65.9 Å². The third-order valence-electron chi connectivity index (χ3n) is 4.83. The Bertz CT molecular complexity index is 759. The van der Waals surface area contributed by atoms with Crippen molar-refractivity contribution in [1.29, 1.82) is 0 Å². The molecule has 0 spiro atoms. The van der Waals surface area contributed by atoms with Crippen LogP contribution in [0.1, 0.15) is 32.3 Å². The number of benzene rings is 1. The lowest BCUT2D eigenvalue weighted by molar-refractivity contribution is 0.309. The van der Waals surface area contributed by atoms with E-state index in [4.69, 9.17) is 9.73 Å². The van der Waals surface area contributed by atoms with Gasteiger partial charge in [-0.1, -0.05) is 25.5 Å². The minimum atomic E-state index is 0.634. The molecule has 0 amide bonds. The first-order valence-corrected chi connectivity index (χ1v) is 10.6. The highest BCUT2D eigenvalue weighted by Crippen LogP contribution is 2.15. The van der Waals surface area contributed by atoms with E-state index in [1.807, 2.05) is 18.2 Å². The van der Waals surface area contributed by atoms with Crippen LogP contribution in [0.2, 0.25) is 0 Å². The first-order valence-electron chi connectivity index (χ1n) is 10.6. The summed E-state index contributed by atoms with van der Waals surface area (Å²) in [6.45, 7) is 10.1. The van der Waals surface area contributed by atoms with Gasteiger partial charge in [-0.3, -0.25) is 0 Å². The maximum absolute atomic E-state index is 5.82. The van der Waals surface area contributed by atoms with E-state index in [2.05, 4.69) is 51.1 Å². The number of ether oxygens (including phenoxy) is 1. The maximum Gasteiger partial charge on any atom is 0.225 e. The van der Waals surface area contributed by atoms with Crippen LogP contribution in [0.3, 0.4) is 0 Å². The van der Waals surface area contributed by atoms with Crippen LogP contribution in [0.15, 0.2) is 47.7 Å². The number of anilines is 1. The molecule has 1 aliphatic rings. The van der Waals surface area contributed by atoms with Gasteiger partial charge in [0.25, 0.3) is 0 Å². The van der Waals surface area contributed by atoms with E-state index in [1.54, 1.807) is 12.4 Å². The van der Waals surface area contributed by atoms with Crippen LogP contribution < -0.4 is 15.0 Å². The summed E-state index contributed by atoms with van der Waals surface area (Å²) in [6, 6.07) is 10.1. The lowest BCUT2D eigenvalue weighted by Crippen LogP contribution is -2.52. The van der Waals surface area contributed by atoms with Gasteiger partial charge < -0.3 is 19.9 Å². The summed E-state index contributed by atoms with van der Waals surface area (Å²) in [5, 5.41) is 3.43. The van der Waals surface area contributed by atoms with Gasteiger partial charge in [0.2, 0.25) is 5.95 Å². The monoisotopic (exact) mass is 396 g/mol. The van der Waals surface area contributed by atoms with Gasteiger partial charge in [0, 0.05) is 45.1 Å². The zero-order chi connectivity index (χ0) is 20.3. The molecule has 0 bridgehead atoms. The van der Waals surface area contributed by atoms with Crippen molar-refractivity contribution in [3.8, 4) is 5.75 Å². The number of guanidine groups is 1. The van der Waals surface area contributed by atoms with Crippen molar-refractivity contribution in [2.45, 2.75) is 33.2 Å². The van der Waals surface area contributed by atoms with E-state index < -0.39 is 0 Å². The maximum atomic E-state index is 5.82. The molecule has 1 aromatic heterocycles. The smallest absolute Gasteiger partial charge is 0.225 e. The van der Waals surface area contributed by atoms with Crippen molar-refractivity contribution < 1.29 is 4.74 Å². The first-order chi connectivity index (χ1) is 14.3. The first kappa shape index (κ1) is 20.9. The number of hydrogen-bond donors (Lipinski definition) is 1. The van der Waals surface area contributed by atoms with Gasteiger partial charge in [0.15, 0.2) is 5.96 Å². The SMILES string of the molecule is CCCCOc1cccc(CN=C(NCC)N2CCN(c3ncccn3)CC2)c1. The van der Waals surface area contributed by atoms with E-state index in [1.165, 1.54) is 0 Å². The lowest BCUT2D eigenvalue weighted by Gasteiger charge is -2.36. The van der Waals surface area contributed by atoms with Crippen LogP contribution in [0.25, 0.3) is 0 Å². The van der Waals surface area contributed by atoms with Crippen molar-refractivity contribution >= 4 is 11.9 Å². The van der Waals surface area contributed by atoms with Crippen molar-refractivity contribution in [2.75, 3.05) is 44.2 Å². The zero-order valence-electron chi connectivity index (χ0n) is 17.5. The lowest BCUT2D eigenvalue weighted by atomic mass is 10.2. The molecule has 156 valence electrons. The van der Waals surface area contributed by atoms with Crippen molar-refractivity contribution in [1.82, 2.24) is 20.2 Å². The second-order valence-corrected chi connectivity index (χ2v) is 7.04. The van der Waals surface area contributed by atoms with Crippen LogP contribution in [0, 0.1) is 0 Å². The second-order valence-electron chi connectivity index (χ2n) is 7.04. The fraction of sp³-hybridized carbons (Fsp3) is 0.500. The van der Waals surface area contributed by atoms with Gasteiger partial charge >= 0.3 is 0 Å². The molecule has 2 aromatic rings. The molecule has 0 radical (unpaired) electrons. The largest absolute Gasteiger partial charge is 0.494 e. The fourth-order valence-electron chi connectivity index (χ4n) is 3.23. The molecule has 0 atom stereocenters. The number of rotatable bonds is 8. The number of nitrogens with zero attached hydrogens (tertiary/aromatic N) is 5. The number of hydrogen-bond acceptors (Lipinski definition) is 5. The standard InChI is InChI=1S/C22H32N6O/c1-3-5-16-29-20-9-6-8-19(17-20)18-26-21(23-4-2)27-12-14-28(15-13-27)22-24-10-7-11-25-22/h6-11,17H,3-5,12-16,18H2,1-2H3,(H,23,26). The Morgan fingerprint density at radius 3 is 2.62 bits per heavy atom. The van der Waals surface area contributed by atoms with E-state index in [0.717, 1.165) is 75.4 Å². The Labute approximate surface area is 173 Å². The molecule has 2 heterocycles. The molecule has 29 heavy (non-hydrogen) atoms. The van der Waals surface area contributed by atoms with Crippen LogP contribution >= 0.6 is 0 Å². The predicted molar refractivity (Wildman–Crippen MR) is 117 cm³/mol. The van der Waals surface area contributed by atoms with Crippen LogP contribution in [-0.2, 0) is 6.54 Å². The minimum Gasteiger partial charge on any atom is -0.494 e. The molecule has 1 saturated heterocycles. The molecule has 7 nitrogen and oxygen atoms in total. The summed E-state index contributed by atoms with van der Waals surface area (Å²) in [5.74, 6) is 2.68. The Morgan fingerprint density at radius 1 is 1.10 bits per heavy atom. The van der Waals surface area contributed by atoms with Crippen LogP contribution in [0.5, 0.6) is 5.75 Å². The summed E-state index contributed by atoms with van der Waals surface area (Å²) >= 11 is 0. The molecule has 1 aliphatic heterocycles. The number of nitrogens with one attached hydrogen (secondary N) is 1. The van der Waals surface area contributed by atoms with E-state index in [9.17, 15) is 0 Å². The Hall–Kier alpha value is -2.83. The summed E-state index contributed by atoms with van der Waals surface area (Å²) in [6.07, 6.45) is 5.80. The molecule has 0 unspecified atom stereocenters. The van der Waals surface area contributed by atoms with Gasteiger partial charge in [-0.25, -0.2) is 15.0 Å². The third-order valence-corrected chi connectivity index (χ3v) is 4.83. The molecular formula is C22H32N6O. The van der Waals surface area contributed by atoms with Crippen molar-refractivity contribution in [3.05, 3.63) is 48.3 Å². The molecule has 3 rings (SSSR count). The summed E-state index contributed by atoms with van der Waals surface area (Å²) in [5.41, 5.74) is 1.16. The molecule has 1 fully saturated rings. The van der Waals surface area contributed by atoms with Crippen molar-refractivity contribution in [2.24, 2.45) is 4.99 Å². The molecule has 1 N–H and O–H groups in total. The summed E-state index contributed by atoms with van der Waals surface area (Å²) < 4.78 is 5.82. The van der Waals surface area contributed by atoms with Crippen LogP contribution in [-0.4, -0.2) is 60.2 Å². The third kappa shape index (κ3) is 6.34. The highest BCUT2D eigenvalue weighted by molar-refractivity contribution is 5.80. The van der Waals surface area contributed by atoms with Crippen LogP contribution in [0.4, 0.5) is 5.95 Å². The second kappa shape index (κ2) is 11.2. The molecule has 7 heteroatoms. The number of aromatic nitrogens is 2. The minimum absolute atomic E-state index is 0.634.